The summed E-state index contributed by atoms with van der Waals surface area (Å²) in [6.45, 7) is 2.17. The van der Waals surface area contributed by atoms with Crippen LogP contribution >= 0.6 is 11.6 Å². The number of aromatic nitrogens is 1. The van der Waals surface area contributed by atoms with Crippen LogP contribution in [0.2, 0.25) is 5.02 Å². The van der Waals surface area contributed by atoms with Crippen LogP contribution < -0.4 is 0 Å². The Hall–Kier alpha value is -1.34. The number of rotatable bonds is 3. The molecule has 0 fully saturated rings. The van der Waals surface area contributed by atoms with Crippen LogP contribution in [-0.2, 0) is 6.42 Å². The van der Waals surface area contributed by atoms with Crippen molar-refractivity contribution in [2.45, 2.75) is 19.8 Å². The third-order valence-electron chi connectivity index (χ3n) is 2.51. The first-order chi connectivity index (χ1) is 7.79. The van der Waals surface area contributed by atoms with Gasteiger partial charge < -0.3 is 0 Å². The van der Waals surface area contributed by atoms with Crippen LogP contribution in [-0.4, -0.2) is 4.98 Å². The molecule has 0 aliphatic rings. The summed E-state index contributed by atoms with van der Waals surface area (Å²) in [5, 5.41) is 0.803. The maximum absolute atomic E-state index is 6.12. The van der Waals surface area contributed by atoms with Gasteiger partial charge in [0.1, 0.15) is 0 Å². The molecule has 0 unspecified atom stereocenters. The maximum atomic E-state index is 6.12. The van der Waals surface area contributed by atoms with Crippen LogP contribution in [0.1, 0.15) is 18.9 Å². The van der Waals surface area contributed by atoms with Crippen molar-refractivity contribution in [1.82, 2.24) is 4.98 Å². The Kier molecular flexibility index (Phi) is 3.58. The van der Waals surface area contributed by atoms with Gasteiger partial charge in [-0.1, -0.05) is 31.0 Å². The third kappa shape index (κ3) is 2.61. The van der Waals surface area contributed by atoms with Crippen LogP contribution in [0.5, 0.6) is 0 Å². The summed E-state index contributed by atoms with van der Waals surface area (Å²) in [4.78, 5) is 4.02. The van der Waals surface area contributed by atoms with E-state index in [1.54, 1.807) is 12.4 Å². The van der Waals surface area contributed by atoms with E-state index in [9.17, 15) is 0 Å². The van der Waals surface area contributed by atoms with Gasteiger partial charge in [-0.25, -0.2) is 0 Å². The normalized spacial score (nSPS) is 10.4. The van der Waals surface area contributed by atoms with E-state index < -0.39 is 0 Å². The van der Waals surface area contributed by atoms with E-state index in [0.717, 1.165) is 23.4 Å². The Morgan fingerprint density at radius 1 is 1.06 bits per heavy atom. The molecule has 1 heterocycles. The summed E-state index contributed by atoms with van der Waals surface area (Å²) in [6, 6.07) is 10.2. The maximum Gasteiger partial charge on any atom is 0.0414 e. The first-order valence-electron chi connectivity index (χ1n) is 5.49. The highest BCUT2D eigenvalue weighted by atomic mass is 35.5. The zero-order valence-electron chi connectivity index (χ0n) is 9.28. The predicted octanol–water partition coefficient (Wildman–Crippen LogP) is 4.35. The Morgan fingerprint density at radius 2 is 1.81 bits per heavy atom. The summed E-state index contributed by atoms with van der Waals surface area (Å²) >= 11 is 6.12. The predicted molar refractivity (Wildman–Crippen MR) is 68.7 cm³/mol. The summed E-state index contributed by atoms with van der Waals surface area (Å²) in [5.74, 6) is 0. The van der Waals surface area contributed by atoms with Crippen molar-refractivity contribution >= 4 is 11.6 Å². The zero-order chi connectivity index (χ0) is 11.4. The highest BCUT2D eigenvalue weighted by Crippen LogP contribution is 2.24. The van der Waals surface area contributed by atoms with Gasteiger partial charge in [-0.2, -0.15) is 0 Å². The van der Waals surface area contributed by atoms with Crippen LogP contribution in [0.3, 0.4) is 0 Å². The van der Waals surface area contributed by atoms with E-state index in [2.05, 4.69) is 18.0 Å². The Labute approximate surface area is 101 Å². The van der Waals surface area contributed by atoms with Gasteiger partial charge >= 0.3 is 0 Å². The third-order valence-corrected chi connectivity index (χ3v) is 2.73. The second kappa shape index (κ2) is 5.13. The highest BCUT2D eigenvalue weighted by Gasteiger charge is 2.01. The van der Waals surface area contributed by atoms with Gasteiger partial charge in [0.05, 0.1) is 0 Å². The summed E-state index contributed by atoms with van der Waals surface area (Å²) in [5.41, 5.74) is 3.62. The van der Waals surface area contributed by atoms with Crippen molar-refractivity contribution in [3.8, 4) is 11.1 Å². The second-order valence-electron chi connectivity index (χ2n) is 3.83. The molecule has 2 heteroatoms. The van der Waals surface area contributed by atoms with E-state index >= 15 is 0 Å². The number of hydrogen-bond acceptors (Lipinski definition) is 1. The molecule has 82 valence electrons. The highest BCUT2D eigenvalue weighted by molar-refractivity contribution is 6.30. The first kappa shape index (κ1) is 11.2. The van der Waals surface area contributed by atoms with Gasteiger partial charge in [0.25, 0.3) is 0 Å². The number of benzene rings is 1. The van der Waals surface area contributed by atoms with Crippen LogP contribution in [0, 0.1) is 0 Å². The van der Waals surface area contributed by atoms with Crippen molar-refractivity contribution in [3.05, 3.63) is 53.3 Å². The Morgan fingerprint density at radius 3 is 2.50 bits per heavy atom. The van der Waals surface area contributed by atoms with Crippen LogP contribution in [0.25, 0.3) is 11.1 Å². The molecule has 0 spiro atoms. The minimum absolute atomic E-state index is 0.803. The van der Waals surface area contributed by atoms with E-state index in [1.807, 2.05) is 24.3 Å². The first-order valence-corrected chi connectivity index (χ1v) is 5.87. The van der Waals surface area contributed by atoms with Crippen molar-refractivity contribution in [3.63, 3.8) is 0 Å². The van der Waals surface area contributed by atoms with Gasteiger partial charge in [-0.3, -0.25) is 4.98 Å². The van der Waals surface area contributed by atoms with Crippen molar-refractivity contribution in [2.24, 2.45) is 0 Å². The molecule has 0 amide bonds. The molecule has 0 atom stereocenters. The Bertz CT molecular complexity index is 465. The van der Waals surface area contributed by atoms with Gasteiger partial charge in [-0.15, -0.1) is 0 Å². The van der Waals surface area contributed by atoms with Gasteiger partial charge in [0.2, 0.25) is 0 Å². The fourth-order valence-corrected chi connectivity index (χ4v) is 2.05. The average molecular weight is 232 g/mol. The molecule has 0 aliphatic heterocycles. The molecule has 1 aromatic heterocycles. The molecule has 0 bridgehead atoms. The smallest absolute Gasteiger partial charge is 0.0414 e. The average Bonchev–Trinajstić information content (AvgIpc) is 2.30. The summed E-state index contributed by atoms with van der Waals surface area (Å²) in [6.07, 6.45) is 5.81. The monoisotopic (exact) mass is 231 g/mol. The van der Waals surface area contributed by atoms with Gasteiger partial charge in [0, 0.05) is 17.4 Å². The van der Waals surface area contributed by atoms with Crippen molar-refractivity contribution in [1.29, 1.82) is 0 Å². The summed E-state index contributed by atoms with van der Waals surface area (Å²) < 4.78 is 0. The SMILES string of the molecule is CCCc1cc(Cl)cc(-c2ccncc2)c1. The lowest BCUT2D eigenvalue weighted by molar-refractivity contribution is 0.922. The molecular formula is C14H14ClN. The van der Waals surface area contributed by atoms with E-state index in [4.69, 9.17) is 11.6 Å². The minimum Gasteiger partial charge on any atom is -0.265 e. The van der Waals surface area contributed by atoms with E-state index in [-0.39, 0.29) is 0 Å². The fraction of sp³-hybridized carbons (Fsp3) is 0.214. The zero-order valence-corrected chi connectivity index (χ0v) is 10.0. The summed E-state index contributed by atoms with van der Waals surface area (Å²) in [7, 11) is 0. The lowest BCUT2D eigenvalue weighted by Crippen LogP contribution is -1.86. The standard InChI is InChI=1S/C14H14ClN/c1-2-3-11-8-13(10-14(15)9-11)12-4-6-16-7-5-12/h4-10H,2-3H2,1H3. The van der Waals surface area contributed by atoms with Gasteiger partial charge in [0.15, 0.2) is 0 Å². The topological polar surface area (TPSA) is 12.9 Å². The lowest BCUT2D eigenvalue weighted by Gasteiger charge is -2.06. The number of aryl methyl sites for hydroxylation is 1. The number of nitrogens with zero attached hydrogens (tertiary/aromatic N) is 1. The van der Waals surface area contributed by atoms with E-state index in [1.165, 1.54) is 11.1 Å². The van der Waals surface area contributed by atoms with E-state index in [0.29, 0.717) is 0 Å². The van der Waals surface area contributed by atoms with Crippen molar-refractivity contribution in [2.75, 3.05) is 0 Å². The minimum atomic E-state index is 0.803. The quantitative estimate of drug-likeness (QED) is 0.765. The van der Waals surface area contributed by atoms with Crippen molar-refractivity contribution < 1.29 is 0 Å². The molecule has 0 radical (unpaired) electrons. The lowest BCUT2D eigenvalue weighted by atomic mass is 10.0. The molecule has 0 N–H and O–H groups in total. The molecule has 0 saturated heterocycles. The fourth-order valence-electron chi connectivity index (χ4n) is 1.79. The molecular weight excluding hydrogens is 218 g/mol. The molecule has 1 aromatic carbocycles. The van der Waals surface area contributed by atoms with Gasteiger partial charge in [-0.05, 0) is 47.4 Å². The Balaban J connectivity index is 2.41. The molecule has 0 saturated carbocycles. The molecule has 2 aromatic rings. The molecule has 0 aliphatic carbocycles. The largest absolute Gasteiger partial charge is 0.265 e. The van der Waals surface area contributed by atoms with Crippen LogP contribution in [0.4, 0.5) is 0 Å². The second-order valence-corrected chi connectivity index (χ2v) is 4.27. The number of pyridine rings is 1. The molecule has 1 nitrogen and oxygen atoms in total. The number of halogens is 1. The van der Waals surface area contributed by atoms with Crippen LogP contribution in [0.15, 0.2) is 42.7 Å². The molecule has 16 heavy (non-hydrogen) atoms. The molecule has 2 rings (SSSR count). The number of hydrogen-bond donors (Lipinski definition) is 0.